The molecule has 4 nitrogen and oxygen atoms in total. The van der Waals surface area contributed by atoms with Crippen LogP contribution >= 0.6 is 0 Å². The van der Waals surface area contributed by atoms with Crippen LogP contribution in [0.15, 0.2) is 0 Å². The number of carbonyl (C=O) groups excluding carboxylic acids is 2. The predicted molar refractivity (Wildman–Crippen MR) is 58.8 cm³/mol. The molecule has 1 fully saturated rings. The van der Waals surface area contributed by atoms with E-state index in [2.05, 4.69) is 0 Å². The smallest absolute Gasteiger partial charge is 0.312 e. The van der Waals surface area contributed by atoms with Crippen molar-refractivity contribution in [3.05, 3.63) is 0 Å². The first kappa shape index (κ1) is 13.0. The fourth-order valence-corrected chi connectivity index (χ4v) is 1.33. The summed E-state index contributed by atoms with van der Waals surface area (Å²) < 4.78 is 10.4. The van der Waals surface area contributed by atoms with Crippen molar-refractivity contribution < 1.29 is 19.1 Å². The largest absolute Gasteiger partial charge is 0.461 e. The van der Waals surface area contributed by atoms with Crippen LogP contribution in [0.3, 0.4) is 0 Å². The molecule has 16 heavy (non-hydrogen) atoms. The van der Waals surface area contributed by atoms with Crippen LogP contribution in [0, 0.1) is 5.41 Å². The van der Waals surface area contributed by atoms with Gasteiger partial charge in [-0.25, -0.2) is 0 Å². The lowest BCUT2D eigenvalue weighted by Crippen LogP contribution is -2.44. The minimum atomic E-state index is -0.655. The van der Waals surface area contributed by atoms with Gasteiger partial charge in [-0.05, 0) is 27.2 Å². The Morgan fingerprint density at radius 2 is 2.19 bits per heavy atom. The topological polar surface area (TPSA) is 52.6 Å². The quantitative estimate of drug-likeness (QED) is 0.694. The van der Waals surface area contributed by atoms with Gasteiger partial charge in [0.1, 0.15) is 12.2 Å². The number of hydrogen-bond acceptors (Lipinski definition) is 4. The molecule has 0 bridgehead atoms. The van der Waals surface area contributed by atoms with E-state index in [1.165, 1.54) is 0 Å². The zero-order valence-electron chi connectivity index (χ0n) is 10.5. The highest BCUT2D eigenvalue weighted by Gasteiger charge is 2.39. The summed E-state index contributed by atoms with van der Waals surface area (Å²) >= 11 is 0. The average molecular weight is 228 g/mol. The molecule has 0 aromatic rings. The van der Waals surface area contributed by atoms with E-state index < -0.39 is 11.0 Å². The maximum Gasteiger partial charge on any atom is 0.312 e. The summed E-state index contributed by atoms with van der Waals surface area (Å²) in [5, 5.41) is 0. The average Bonchev–Trinajstić information content (AvgIpc) is 2.23. The monoisotopic (exact) mass is 228 g/mol. The van der Waals surface area contributed by atoms with Crippen molar-refractivity contribution in [2.75, 3.05) is 6.61 Å². The number of rotatable bonds is 3. The molecule has 4 heteroatoms. The number of hydrogen-bond donors (Lipinski definition) is 0. The summed E-state index contributed by atoms with van der Waals surface area (Å²) in [5.41, 5.74) is -1.14. The summed E-state index contributed by atoms with van der Waals surface area (Å²) in [6.45, 7) is 7.63. The number of carbonyl (C=O) groups is 2. The van der Waals surface area contributed by atoms with Gasteiger partial charge in [0.25, 0.3) is 0 Å². The van der Waals surface area contributed by atoms with E-state index in [1.807, 2.05) is 27.7 Å². The maximum absolute atomic E-state index is 11.9. The third-order valence-corrected chi connectivity index (χ3v) is 3.17. The number of ether oxygens (including phenoxy) is 2. The Labute approximate surface area is 96.3 Å². The molecule has 0 saturated carbocycles. The first-order valence-electron chi connectivity index (χ1n) is 5.68. The van der Waals surface area contributed by atoms with Crippen LogP contribution in [0.25, 0.3) is 0 Å². The van der Waals surface area contributed by atoms with Crippen LogP contribution in [0.4, 0.5) is 0 Å². The molecule has 1 aliphatic rings. The van der Waals surface area contributed by atoms with Crippen molar-refractivity contribution in [3.63, 3.8) is 0 Å². The second-order valence-electron chi connectivity index (χ2n) is 5.24. The van der Waals surface area contributed by atoms with Gasteiger partial charge in [-0.3, -0.25) is 9.59 Å². The molecule has 1 atom stereocenters. The molecule has 1 unspecified atom stereocenters. The van der Waals surface area contributed by atoms with E-state index in [9.17, 15) is 9.59 Å². The molecule has 0 spiro atoms. The Balaban J connectivity index is 2.60. The minimum Gasteiger partial charge on any atom is -0.461 e. The molecule has 0 N–H and O–H groups in total. The van der Waals surface area contributed by atoms with Gasteiger partial charge in [0.2, 0.25) is 0 Å². The van der Waals surface area contributed by atoms with Crippen LogP contribution in [0.5, 0.6) is 0 Å². The van der Waals surface area contributed by atoms with Gasteiger partial charge < -0.3 is 9.47 Å². The van der Waals surface area contributed by atoms with Crippen LogP contribution in [-0.4, -0.2) is 24.1 Å². The van der Waals surface area contributed by atoms with Gasteiger partial charge in [-0.15, -0.1) is 0 Å². The molecule has 1 saturated heterocycles. The van der Waals surface area contributed by atoms with Crippen LogP contribution in [-0.2, 0) is 19.1 Å². The lowest BCUT2D eigenvalue weighted by Gasteiger charge is -2.35. The number of cyclic esters (lactones) is 1. The van der Waals surface area contributed by atoms with Crippen molar-refractivity contribution in [1.29, 1.82) is 0 Å². The van der Waals surface area contributed by atoms with Gasteiger partial charge in [0.05, 0.1) is 5.41 Å². The Hall–Kier alpha value is -1.06. The van der Waals surface area contributed by atoms with Gasteiger partial charge >= 0.3 is 11.9 Å². The summed E-state index contributed by atoms with van der Waals surface area (Å²) in [4.78, 5) is 22.8. The van der Waals surface area contributed by atoms with Crippen molar-refractivity contribution in [2.24, 2.45) is 5.41 Å². The Morgan fingerprint density at radius 1 is 1.56 bits per heavy atom. The molecule has 1 aliphatic heterocycles. The molecule has 0 amide bonds. The highest BCUT2D eigenvalue weighted by Crippen LogP contribution is 2.29. The molecule has 0 aromatic heterocycles. The third-order valence-electron chi connectivity index (χ3n) is 3.17. The molecule has 0 aromatic carbocycles. The zero-order valence-corrected chi connectivity index (χ0v) is 10.5. The minimum absolute atomic E-state index is 0.164. The van der Waals surface area contributed by atoms with Crippen molar-refractivity contribution in [1.82, 2.24) is 0 Å². The van der Waals surface area contributed by atoms with Crippen molar-refractivity contribution in [3.8, 4) is 0 Å². The first-order valence-corrected chi connectivity index (χ1v) is 5.68. The zero-order chi connectivity index (χ0) is 12.4. The Morgan fingerprint density at radius 3 is 2.62 bits per heavy atom. The summed E-state index contributed by atoms with van der Waals surface area (Å²) in [5.74, 6) is -0.446. The molecule has 92 valence electrons. The predicted octanol–water partition coefficient (Wildman–Crippen LogP) is 2.06. The van der Waals surface area contributed by atoms with Crippen LogP contribution in [0.2, 0.25) is 0 Å². The van der Waals surface area contributed by atoms with Crippen LogP contribution in [0.1, 0.15) is 47.0 Å². The van der Waals surface area contributed by atoms with Crippen molar-refractivity contribution in [2.45, 2.75) is 52.6 Å². The van der Waals surface area contributed by atoms with Gasteiger partial charge in [0.15, 0.2) is 0 Å². The first-order chi connectivity index (χ1) is 7.29. The fraction of sp³-hybridized carbons (Fsp3) is 0.833. The van der Waals surface area contributed by atoms with E-state index in [4.69, 9.17) is 9.47 Å². The van der Waals surface area contributed by atoms with Gasteiger partial charge in [-0.2, -0.15) is 0 Å². The second kappa shape index (κ2) is 4.44. The molecule has 0 radical (unpaired) electrons. The summed E-state index contributed by atoms with van der Waals surface area (Å²) in [6, 6.07) is 0. The van der Waals surface area contributed by atoms with Gasteiger partial charge in [0, 0.05) is 12.8 Å². The number of esters is 2. The van der Waals surface area contributed by atoms with E-state index in [0.717, 1.165) is 6.42 Å². The van der Waals surface area contributed by atoms with E-state index in [0.29, 0.717) is 12.8 Å². The molecular formula is C12H20O4. The highest BCUT2D eigenvalue weighted by atomic mass is 16.6. The Kier molecular flexibility index (Phi) is 3.61. The maximum atomic E-state index is 11.9. The molecule has 1 rings (SSSR count). The highest BCUT2D eigenvalue weighted by molar-refractivity contribution is 5.76. The lowest BCUT2D eigenvalue weighted by molar-refractivity contribution is -0.187. The van der Waals surface area contributed by atoms with Crippen LogP contribution < -0.4 is 0 Å². The fourth-order valence-electron chi connectivity index (χ4n) is 1.33. The van der Waals surface area contributed by atoms with E-state index in [-0.39, 0.29) is 18.5 Å². The van der Waals surface area contributed by atoms with E-state index in [1.54, 1.807) is 0 Å². The summed E-state index contributed by atoms with van der Waals surface area (Å²) in [7, 11) is 0. The molecular weight excluding hydrogens is 208 g/mol. The SMILES string of the molecule is CCC(C)(C)C(=O)OC1(C)CCC(=O)OC1. The molecule has 1 heterocycles. The van der Waals surface area contributed by atoms with Crippen molar-refractivity contribution >= 4 is 11.9 Å². The standard InChI is InChI=1S/C12H20O4/c1-5-11(2,3)10(14)16-12(4)7-6-9(13)15-8-12/h5-8H2,1-4H3. The van der Waals surface area contributed by atoms with E-state index >= 15 is 0 Å². The second-order valence-corrected chi connectivity index (χ2v) is 5.24. The normalized spacial score (nSPS) is 26.1. The lowest BCUT2D eigenvalue weighted by atomic mass is 9.89. The molecule has 0 aliphatic carbocycles. The Bertz CT molecular complexity index is 283. The van der Waals surface area contributed by atoms with Gasteiger partial charge in [-0.1, -0.05) is 6.92 Å². The third kappa shape index (κ3) is 2.97. The summed E-state index contributed by atoms with van der Waals surface area (Å²) in [6.07, 6.45) is 1.58.